The van der Waals surface area contributed by atoms with Gasteiger partial charge in [-0.1, -0.05) is 42.5 Å². The van der Waals surface area contributed by atoms with Gasteiger partial charge in [0, 0.05) is 19.5 Å². The zero-order chi connectivity index (χ0) is 19.5. The lowest BCUT2D eigenvalue weighted by Crippen LogP contribution is -2.48. The van der Waals surface area contributed by atoms with Gasteiger partial charge in [-0.2, -0.15) is 0 Å². The average molecular weight is 396 g/mol. The number of morpholine rings is 1. The number of benzene rings is 2. The Bertz CT molecular complexity index is 852. The third-order valence-electron chi connectivity index (χ3n) is 5.31. The summed E-state index contributed by atoms with van der Waals surface area (Å²) in [6.07, 6.45) is 0.645. The number of anilines is 1. The molecular weight excluding hydrogens is 370 g/mol. The van der Waals surface area contributed by atoms with E-state index in [1.54, 1.807) is 4.90 Å². The van der Waals surface area contributed by atoms with E-state index < -0.39 is 0 Å². The third kappa shape index (κ3) is 3.94. The highest BCUT2D eigenvalue weighted by Gasteiger charge is 2.43. The van der Waals surface area contributed by atoms with Gasteiger partial charge in [-0.05, 0) is 42.4 Å². The van der Waals surface area contributed by atoms with Crippen molar-refractivity contribution >= 4 is 28.9 Å². The molecule has 1 atom stereocenters. The van der Waals surface area contributed by atoms with E-state index in [0.29, 0.717) is 18.2 Å². The molecule has 1 amide bonds. The maximum Gasteiger partial charge on any atom is 0.256 e. The van der Waals surface area contributed by atoms with Crippen molar-refractivity contribution in [3.8, 4) is 0 Å². The molecule has 2 heterocycles. The lowest BCUT2D eigenvalue weighted by atomic mass is 10.1. The standard InChI is InChI=1S/C22H25N3O2S/c1-17-6-5-9-19(14-17)25-21(26)20(15-18-7-3-2-4-8-18)24(22(25)28)16-23-10-12-27-13-11-23/h2-9,14,20H,10-13,15-16H2,1H3. The van der Waals surface area contributed by atoms with Crippen LogP contribution in [0.1, 0.15) is 11.1 Å². The minimum absolute atomic E-state index is 0.0488. The van der Waals surface area contributed by atoms with Crippen LogP contribution in [-0.4, -0.2) is 59.8 Å². The van der Waals surface area contributed by atoms with Gasteiger partial charge in [-0.3, -0.25) is 14.6 Å². The number of ether oxygens (including phenoxy) is 1. The van der Waals surface area contributed by atoms with Crippen LogP contribution in [0, 0.1) is 6.92 Å². The van der Waals surface area contributed by atoms with Gasteiger partial charge < -0.3 is 9.64 Å². The van der Waals surface area contributed by atoms with Crippen molar-refractivity contribution in [3.05, 3.63) is 65.7 Å². The summed E-state index contributed by atoms with van der Waals surface area (Å²) < 4.78 is 5.47. The van der Waals surface area contributed by atoms with E-state index in [2.05, 4.69) is 21.9 Å². The second-order valence-electron chi connectivity index (χ2n) is 7.34. The number of rotatable bonds is 5. The smallest absolute Gasteiger partial charge is 0.256 e. The summed E-state index contributed by atoms with van der Waals surface area (Å²) in [6.45, 7) is 5.83. The first kappa shape index (κ1) is 19.1. The lowest BCUT2D eigenvalue weighted by Gasteiger charge is -2.33. The summed E-state index contributed by atoms with van der Waals surface area (Å²) in [7, 11) is 0. The van der Waals surface area contributed by atoms with Crippen LogP contribution in [0.2, 0.25) is 0 Å². The molecule has 0 N–H and O–H groups in total. The van der Waals surface area contributed by atoms with Crippen LogP contribution < -0.4 is 4.90 Å². The predicted octanol–water partition coefficient (Wildman–Crippen LogP) is 2.83. The van der Waals surface area contributed by atoms with Crippen LogP contribution in [0.3, 0.4) is 0 Å². The van der Waals surface area contributed by atoms with E-state index in [0.717, 1.165) is 43.1 Å². The summed E-state index contributed by atoms with van der Waals surface area (Å²) in [4.78, 5) is 19.5. The molecule has 0 saturated carbocycles. The van der Waals surface area contributed by atoms with Crippen LogP contribution in [0.5, 0.6) is 0 Å². The quantitative estimate of drug-likeness (QED) is 0.728. The van der Waals surface area contributed by atoms with Crippen molar-refractivity contribution < 1.29 is 9.53 Å². The maximum absolute atomic E-state index is 13.4. The molecule has 1 unspecified atom stereocenters. The first-order chi connectivity index (χ1) is 13.6. The number of carbonyl (C=O) groups excluding carboxylic acids is 1. The van der Waals surface area contributed by atoms with Crippen LogP contribution >= 0.6 is 12.2 Å². The van der Waals surface area contributed by atoms with Crippen LogP contribution in [0.15, 0.2) is 54.6 Å². The number of carbonyl (C=O) groups is 1. The number of hydrogen-bond donors (Lipinski definition) is 0. The molecule has 0 bridgehead atoms. The Morgan fingerprint density at radius 1 is 1.07 bits per heavy atom. The summed E-state index contributed by atoms with van der Waals surface area (Å²) in [5.41, 5.74) is 3.10. The second kappa shape index (κ2) is 8.39. The number of hydrogen-bond acceptors (Lipinski definition) is 4. The van der Waals surface area contributed by atoms with Crippen molar-refractivity contribution in [2.45, 2.75) is 19.4 Å². The van der Waals surface area contributed by atoms with Gasteiger partial charge in [0.15, 0.2) is 5.11 Å². The highest BCUT2D eigenvalue weighted by molar-refractivity contribution is 7.80. The van der Waals surface area contributed by atoms with Gasteiger partial charge in [0.2, 0.25) is 0 Å². The molecule has 2 fully saturated rings. The predicted molar refractivity (Wildman–Crippen MR) is 114 cm³/mol. The van der Waals surface area contributed by atoms with Gasteiger partial charge in [0.1, 0.15) is 6.04 Å². The van der Waals surface area contributed by atoms with Crippen molar-refractivity contribution in [1.29, 1.82) is 0 Å². The first-order valence-electron chi connectivity index (χ1n) is 9.69. The molecule has 2 aliphatic rings. The fraction of sp³-hybridized carbons (Fsp3) is 0.364. The number of nitrogens with zero attached hydrogens (tertiary/aromatic N) is 3. The Morgan fingerprint density at radius 2 is 1.82 bits per heavy atom. The van der Waals surface area contributed by atoms with Gasteiger partial charge in [-0.25, -0.2) is 0 Å². The number of amides is 1. The summed E-state index contributed by atoms with van der Waals surface area (Å²) >= 11 is 5.80. The molecular formula is C22H25N3O2S. The summed E-state index contributed by atoms with van der Waals surface area (Å²) in [5.74, 6) is 0.0488. The minimum Gasteiger partial charge on any atom is -0.379 e. The molecule has 28 heavy (non-hydrogen) atoms. The summed E-state index contributed by atoms with van der Waals surface area (Å²) in [5, 5.41) is 0.586. The van der Waals surface area contributed by atoms with Crippen molar-refractivity contribution in [1.82, 2.24) is 9.80 Å². The van der Waals surface area contributed by atoms with E-state index in [1.165, 1.54) is 0 Å². The molecule has 4 rings (SSSR count). The SMILES string of the molecule is Cc1cccc(N2C(=O)C(Cc3ccccc3)N(CN3CCOCC3)C2=S)c1. The Labute approximate surface area is 171 Å². The van der Waals surface area contributed by atoms with E-state index in [4.69, 9.17) is 17.0 Å². The van der Waals surface area contributed by atoms with Gasteiger partial charge in [-0.15, -0.1) is 0 Å². The Balaban J connectivity index is 1.63. The van der Waals surface area contributed by atoms with Crippen LogP contribution in [-0.2, 0) is 16.0 Å². The molecule has 0 spiro atoms. The highest BCUT2D eigenvalue weighted by Crippen LogP contribution is 2.28. The van der Waals surface area contributed by atoms with Crippen LogP contribution in [0.4, 0.5) is 5.69 Å². The Hall–Kier alpha value is -2.28. The van der Waals surface area contributed by atoms with Crippen molar-refractivity contribution in [2.75, 3.05) is 37.9 Å². The fourth-order valence-electron chi connectivity index (χ4n) is 3.80. The van der Waals surface area contributed by atoms with E-state index in [1.807, 2.05) is 49.4 Å². The molecule has 5 nitrogen and oxygen atoms in total. The summed E-state index contributed by atoms with van der Waals surface area (Å²) in [6, 6.07) is 17.8. The Kier molecular flexibility index (Phi) is 5.71. The first-order valence-corrected chi connectivity index (χ1v) is 10.1. The van der Waals surface area contributed by atoms with E-state index >= 15 is 0 Å². The highest BCUT2D eigenvalue weighted by atomic mass is 32.1. The molecule has 2 aromatic carbocycles. The molecule has 2 saturated heterocycles. The molecule has 0 aliphatic carbocycles. The second-order valence-corrected chi connectivity index (χ2v) is 7.71. The third-order valence-corrected chi connectivity index (χ3v) is 5.72. The monoisotopic (exact) mass is 395 g/mol. The molecule has 2 aromatic rings. The Morgan fingerprint density at radius 3 is 2.54 bits per heavy atom. The van der Waals surface area contributed by atoms with Crippen LogP contribution in [0.25, 0.3) is 0 Å². The lowest BCUT2D eigenvalue weighted by molar-refractivity contribution is -0.120. The molecule has 0 aromatic heterocycles. The maximum atomic E-state index is 13.4. The van der Waals surface area contributed by atoms with Crippen molar-refractivity contribution in [2.24, 2.45) is 0 Å². The minimum atomic E-state index is -0.293. The van der Waals surface area contributed by atoms with E-state index in [-0.39, 0.29) is 11.9 Å². The van der Waals surface area contributed by atoms with Gasteiger partial charge >= 0.3 is 0 Å². The zero-order valence-electron chi connectivity index (χ0n) is 16.1. The average Bonchev–Trinajstić information content (AvgIpc) is 2.93. The fourth-order valence-corrected chi connectivity index (χ4v) is 4.18. The zero-order valence-corrected chi connectivity index (χ0v) is 16.9. The topological polar surface area (TPSA) is 36.0 Å². The normalized spacial score (nSPS) is 20.8. The van der Waals surface area contributed by atoms with Gasteiger partial charge in [0.25, 0.3) is 5.91 Å². The molecule has 6 heteroatoms. The molecule has 146 valence electrons. The van der Waals surface area contributed by atoms with Gasteiger partial charge in [0.05, 0.1) is 25.6 Å². The number of aryl methyl sites for hydroxylation is 1. The molecule has 0 radical (unpaired) electrons. The number of thiocarbonyl (C=S) groups is 1. The van der Waals surface area contributed by atoms with E-state index in [9.17, 15) is 4.79 Å². The van der Waals surface area contributed by atoms with Crippen molar-refractivity contribution in [3.63, 3.8) is 0 Å². The largest absolute Gasteiger partial charge is 0.379 e. The molecule has 2 aliphatic heterocycles.